The van der Waals surface area contributed by atoms with Crippen LogP contribution in [0.5, 0.6) is 0 Å². The first-order chi connectivity index (χ1) is 15.3. The Bertz CT molecular complexity index is 902. The van der Waals surface area contributed by atoms with E-state index in [1.807, 2.05) is 12.1 Å². The largest absolute Gasteiger partial charge is 0.379 e. The Hall–Kier alpha value is -1.44. The second-order valence-electron chi connectivity index (χ2n) is 10.7. The first kappa shape index (κ1) is 22.4. The van der Waals surface area contributed by atoms with Gasteiger partial charge in [-0.3, -0.25) is 4.79 Å². The van der Waals surface area contributed by atoms with E-state index in [2.05, 4.69) is 12.2 Å². The predicted molar refractivity (Wildman–Crippen MR) is 123 cm³/mol. The fourth-order valence-electron chi connectivity index (χ4n) is 7.20. The molecule has 7 heteroatoms. The summed E-state index contributed by atoms with van der Waals surface area (Å²) < 4.78 is 32.2. The van der Waals surface area contributed by atoms with Gasteiger partial charge in [0.15, 0.2) is 0 Å². The van der Waals surface area contributed by atoms with Crippen LogP contribution in [0, 0.1) is 23.2 Å². The molecule has 1 heterocycles. The van der Waals surface area contributed by atoms with Gasteiger partial charge in [0.1, 0.15) is 0 Å². The molecule has 0 unspecified atom stereocenters. The van der Waals surface area contributed by atoms with Gasteiger partial charge in [-0.25, -0.2) is 8.42 Å². The highest BCUT2D eigenvalue weighted by molar-refractivity contribution is 7.89. The molecule has 1 aliphatic heterocycles. The second kappa shape index (κ2) is 8.73. The number of ether oxygens (including phenoxy) is 1. The third-order valence-corrected chi connectivity index (χ3v) is 10.5. The SMILES string of the molecule is C[C@H](NC(=O)CCc1ccc(S(=O)(=O)N2CCOCC2)cc1)C12CC3CC(CC(C3)C1)C2. The van der Waals surface area contributed by atoms with Crippen molar-refractivity contribution in [2.24, 2.45) is 23.2 Å². The Morgan fingerprint density at radius 1 is 1.06 bits per heavy atom. The van der Waals surface area contributed by atoms with E-state index < -0.39 is 10.0 Å². The van der Waals surface area contributed by atoms with Crippen molar-refractivity contribution >= 4 is 15.9 Å². The summed E-state index contributed by atoms with van der Waals surface area (Å²) in [6, 6.07) is 7.24. The van der Waals surface area contributed by atoms with Crippen molar-refractivity contribution in [2.75, 3.05) is 26.3 Å². The highest BCUT2D eigenvalue weighted by atomic mass is 32.2. The number of amides is 1. The molecule has 0 spiro atoms. The summed E-state index contributed by atoms with van der Waals surface area (Å²) >= 11 is 0. The van der Waals surface area contributed by atoms with E-state index in [1.165, 1.54) is 42.8 Å². The fraction of sp³-hybridized carbons (Fsp3) is 0.720. The van der Waals surface area contributed by atoms with Gasteiger partial charge in [0.2, 0.25) is 15.9 Å². The van der Waals surface area contributed by atoms with Gasteiger partial charge in [-0.2, -0.15) is 4.31 Å². The summed E-state index contributed by atoms with van der Waals surface area (Å²) in [6.07, 6.45) is 9.17. The van der Waals surface area contributed by atoms with E-state index in [0.29, 0.717) is 49.5 Å². The standard InChI is InChI=1S/C25H36N2O4S/c1-18(25-15-20-12-21(16-25)14-22(13-20)17-25)26-24(28)7-4-19-2-5-23(6-3-19)32(29,30)27-8-10-31-11-9-27/h2-3,5-6,18,20-22H,4,7-17H2,1H3,(H,26,28)/t18-,20?,21?,22?,25?/m0/s1. The molecule has 0 radical (unpaired) electrons. The summed E-state index contributed by atoms with van der Waals surface area (Å²) in [5.74, 6) is 2.76. The molecule has 1 atom stereocenters. The van der Waals surface area contributed by atoms with Crippen LogP contribution in [0.2, 0.25) is 0 Å². The van der Waals surface area contributed by atoms with E-state index in [9.17, 15) is 13.2 Å². The Balaban J connectivity index is 1.14. The normalized spacial score (nSPS) is 33.2. The van der Waals surface area contributed by atoms with Crippen LogP contribution in [0.15, 0.2) is 29.2 Å². The first-order valence-corrected chi connectivity index (χ1v) is 13.7. The molecule has 6 rings (SSSR count). The minimum Gasteiger partial charge on any atom is -0.379 e. The minimum absolute atomic E-state index is 0.110. The van der Waals surface area contributed by atoms with Crippen molar-refractivity contribution in [3.63, 3.8) is 0 Å². The maximum atomic E-state index is 12.8. The highest BCUT2D eigenvalue weighted by Gasteiger charge is 2.53. The topological polar surface area (TPSA) is 75.7 Å². The Morgan fingerprint density at radius 3 is 2.19 bits per heavy atom. The van der Waals surface area contributed by atoms with Gasteiger partial charge in [0, 0.05) is 25.6 Å². The van der Waals surface area contributed by atoms with Gasteiger partial charge >= 0.3 is 0 Å². The van der Waals surface area contributed by atoms with E-state index in [-0.39, 0.29) is 11.9 Å². The molecule has 6 nitrogen and oxygen atoms in total. The third-order valence-electron chi connectivity index (χ3n) is 8.55. The highest BCUT2D eigenvalue weighted by Crippen LogP contribution is 2.61. The molecule has 4 saturated carbocycles. The van der Waals surface area contributed by atoms with Gasteiger partial charge in [0.05, 0.1) is 18.1 Å². The number of morpholine rings is 1. The van der Waals surface area contributed by atoms with E-state index >= 15 is 0 Å². The van der Waals surface area contributed by atoms with Crippen molar-refractivity contribution in [3.05, 3.63) is 29.8 Å². The molecule has 1 N–H and O–H groups in total. The van der Waals surface area contributed by atoms with Gasteiger partial charge in [-0.05, 0) is 92.7 Å². The average Bonchev–Trinajstić information content (AvgIpc) is 2.78. The zero-order valence-electron chi connectivity index (χ0n) is 19.1. The summed E-state index contributed by atoms with van der Waals surface area (Å²) in [7, 11) is -3.47. The van der Waals surface area contributed by atoms with Crippen LogP contribution in [0.1, 0.15) is 57.4 Å². The van der Waals surface area contributed by atoms with Gasteiger partial charge in [-0.15, -0.1) is 0 Å². The van der Waals surface area contributed by atoms with E-state index in [1.54, 1.807) is 12.1 Å². The molecule has 1 aromatic rings. The molecule has 176 valence electrons. The smallest absolute Gasteiger partial charge is 0.243 e. The molecular formula is C25H36N2O4S. The number of hydrogen-bond donors (Lipinski definition) is 1. The number of nitrogens with one attached hydrogen (secondary N) is 1. The van der Waals surface area contributed by atoms with Crippen LogP contribution in [-0.2, 0) is 26.0 Å². The van der Waals surface area contributed by atoms with Crippen LogP contribution in [0.4, 0.5) is 0 Å². The summed E-state index contributed by atoms with van der Waals surface area (Å²) in [5.41, 5.74) is 1.31. The number of nitrogens with zero attached hydrogens (tertiary/aromatic N) is 1. The van der Waals surface area contributed by atoms with Gasteiger partial charge < -0.3 is 10.1 Å². The lowest BCUT2D eigenvalue weighted by molar-refractivity contribution is -0.125. The van der Waals surface area contributed by atoms with E-state index in [4.69, 9.17) is 4.74 Å². The summed E-state index contributed by atoms with van der Waals surface area (Å²) in [5, 5.41) is 3.33. The maximum absolute atomic E-state index is 12.8. The van der Waals surface area contributed by atoms with Gasteiger partial charge in [0.25, 0.3) is 0 Å². The average molecular weight is 461 g/mol. The fourth-order valence-corrected chi connectivity index (χ4v) is 8.60. The molecular weight excluding hydrogens is 424 g/mol. The monoisotopic (exact) mass is 460 g/mol. The lowest BCUT2D eigenvalue weighted by Gasteiger charge is -2.59. The Kier molecular flexibility index (Phi) is 6.10. The van der Waals surface area contributed by atoms with Crippen molar-refractivity contribution in [1.29, 1.82) is 0 Å². The lowest BCUT2D eigenvalue weighted by atomic mass is 9.48. The number of benzene rings is 1. The summed E-state index contributed by atoms with van der Waals surface area (Å²) in [6.45, 7) is 3.89. The third kappa shape index (κ3) is 4.36. The van der Waals surface area contributed by atoms with Crippen LogP contribution in [0.25, 0.3) is 0 Å². The number of carbonyl (C=O) groups is 1. The van der Waals surface area contributed by atoms with Gasteiger partial charge in [-0.1, -0.05) is 12.1 Å². The quantitative estimate of drug-likeness (QED) is 0.677. The van der Waals surface area contributed by atoms with Crippen molar-refractivity contribution in [2.45, 2.75) is 69.2 Å². The number of aryl methyl sites for hydroxylation is 1. The van der Waals surface area contributed by atoms with Crippen molar-refractivity contribution < 1.29 is 17.9 Å². The molecule has 1 saturated heterocycles. The predicted octanol–water partition coefficient (Wildman–Crippen LogP) is 3.36. The minimum atomic E-state index is -3.47. The molecule has 0 aromatic heterocycles. The maximum Gasteiger partial charge on any atom is 0.243 e. The van der Waals surface area contributed by atoms with Crippen LogP contribution < -0.4 is 5.32 Å². The summed E-state index contributed by atoms with van der Waals surface area (Å²) in [4.78, 5) is 13.0. The number of sulfonamides is 1. The number of carbonyl (C=O) groups excluding carboxylic acids is 1. The zero-order valence-corrected chi connectivity index (χ0v) is 19.9. The molecule has 1 amide bonds. The van der Waals surface area contributed by atoms with Crippen molar-refractivity contribution in [1.82, 2.24) is 9.62 Å². The Labute approximate surface area is 192 Å². The molecule has 4 bridgehead atoms. The van der Waals surface area contributed by atoms with Crippen molar-refractivity contribution in [3.8, 4) is 0 Å². The number of rotatable bonds is 7. The molecule has 1 aromatic carbocycles. The Morgan fingerprint density at radius 2 is 1.62 bits per heavy atom. The first-order valence-electron chi connectivity index (χ1n) is 12.3. The number of hydrogen-bond acceptors (Lipinski definition) is 4. The molecule has 32 heavy (non-hydrogen) atoms. The molecule has 5 fully saturated rings. The van der Waals surface area contributed by atoms with E-state index in [0.717, 1.165) is 23.3 Å². The second-order valence-corrected chi connectivity index (χ2v) is 12.7. The van der Waals surface area contributed by atoms with Crippen LogP contribution in [-0.4, -0.2) is 51.0 Å². The molecule has 5 aliphatic rings. The van der Waals surface area contributed by atoms with Crippen LogP contribution in [0.3, 0.4) is 0 Å². The zero-order chi connectivity index (χ0) is 22.3. The molecule has 4 aliphatic carbocycles. The lowest BCUT2D eigenvalue weighted by Crippen LogP contribution is -2.55. The van der Waals surface area contributed by atoms with Crippen LogP contribution >= 0.6 is 0 Å².